The number of methoxy groups -OCH3 is 1. The molecule has 0 saturated heterocycles. The average molecular weight is 450 g/mol. The van der Waals surface area contributed by atoms with Crippen LogP contribution in [-0.4, -0.2) is 61.1 Å². The highest BCUT2D eigenvalue weighted by Crippen LogP contribution is 2.38. The standard InChI is InChI=1S/C21H26N2O9/c1-4-31-18-13-16(23(27)28)15(12-17(18)29-3)14(2)32-21(26)6-5-10-30-11-9-22-19(24)7-8-20(22)25/h7-8,12-14H,4-6,9-11H2,1-3H3. The molecule has 2 amide bonds. The van der Waals surface area contributed by atoms with E-state index in [9.17, 15) is 24.5 Å². The Morgan fingerprint density at radius 2 is 1.84 bits per heavy atom. The largest absolute Gasteiger partial charge is 0.493 e. The van der Waals surface area contributed by atoms with E-state index in [-0.39, 0.29) is 55.0 Å². The Labute approximate surface area is 185 Å². The van der Waals surface area contributed by atoms with E-state index in [0.717, 1.165) is 4.90 Å². The Kier molecular flexibility index (Phi) is 9.14. The van der Waals surface area contributed by atoms with E-state index in [0.29, 0.717) is 18.8 Å². The number of benzene rings is 1. The molecule has 0 spiro atoms. The molecule has 0 saturated carbocycles. The Morgan fingerprint density at radius 3 is 2.44 bits per heavy atom. The molecule has 0 fully saturated rings. The molecule has 11 heteroatoms. The molecule has 174 valence electrons. The number of hydrogen-bond acceptors (Lipinski definition) is 9. The van der Waals surface area contributed by atoms with Gasteiger partial charge in [0.2, 0.25) is 0 Å². The summed E-state index contributed by atoms with van der Waals surface area (Å²) in [6.45, 7) is 4.11. The van der Waals surface area contributed by atoms with E-state index in [1.54, 1.807) is 6.92 Å². The molecule has 0 bridgehead atoms. The Morgan fingerprint density at radius 1 is 1.16 bits per heavy atom. The summed E-state index contributed by atoms with van der Waals surface area (Å²) in [7, 11) is 1.41. The lowest BCUT2D eigenvalue weighted by atomic mass is 10.1. The number of nitro groups is 1. The molecule has 0 radical (unpaired) electrons. The van der Waals surface area contributed by atoms with Crippen LogP contribution in [0.25, 0.3) is 0 Å². The predicted molar refractivity (Wildman–Crippen MR) is 111 cm³/mol. The zero-order chi connectivity index (χ0) is 23.7. The maximum absolute atomic E-state index is 12.2. The van der Waals surface area contributed by atoms with Gasteiger partial charge in [0.1, 0.15) is 6.10 Å². The van der Waals surface area contributed by atoms with Gasteiger partial charge in [0, 0.05) is 25.2 Å². The highest BCUT2D eigenvalue weighted by molar-refractivity contribution is 6.12. The molecule has 32 heavy (non-hydrogen) atoms. The van der Waals surface area contributed by atoms with Crippen LogP contribution in [0, 0.1) is 10.1 Å². The maximum Gasteiger partial charge on any atom is 0.306 e. The van der Waals surface area contributed by atoms with Crippen molar-refractivity contribution in [3.05, 3.63) is 40.0 Å². The summed E-state index contributed by atoms with van der Waals surface area (Å²) >= 11 is 0. The van der Waals surface area contributed by atoms with Crippen LogP contribution in [0.1, 0.15) is 38.4 Å². The van der Waals surface area contributed by atoms with Crippen LogP contribution in [0.3, 0.4) is 0 Å². The first-order chi connectivity index (χ1) is 15.3. The summed E-state index contributed by atoms with van der Waals surface area (Å²) in [6.07, 6.45) is 1.90. The first kappa shape index (κ1) is 24.8. The van der Waals surface area contributed by atoms with Crippen LogP contribution in [0.2, 0.25) is 0 Å². The summed E-state index contributed by atoms with van der Waals surface area (Å²) in [5.41, 5.74) is -0.0492. The van der Waals surface area contributed by atoms with E-state index in [2.05, 4.69) is 0 Å². The van der Waals surface area contributed by atoms with Gasteiger partial charge in [-0.2, -0.15) is 0 Å². The average Bonchev–Trinajstić information content (AvgIpc) is 3.07. The minimum absolute atomic E-state index is 0.0371. The quantitative estimate of drug-likeness (QED) is 0.146. The maximum atomic E-state index is 12.2. The van der Waals surface area contributed by atoms with Crippen LogP contribution < -0.4 is 9.47 Å². The van der Waals surface area contributed by atoms with E-state index in [1.807, 2.05) is 0 Å². The molecule has 1 unspecified atom stereocenters. The molecule has 1 aliphatic heterocycles. The number of nitro benzene ring substituents is 1. The number of nitrogens with zero attached hydrogens (tertiary/aromatic N) is 2. The van der Waals surface area contributed by atoms with E-state index in [1.165, 1.54) is 38.3 Å². The summed E-state index contributed by atoms with van der Waals surface area (Å²) < 4.78 is 21.3. The second-order valence-electron chi connectivity index (χ2n) is 6.76. The molecular formula is C21H26N2O9. The van der Waals surface area contributed by atoms with E-state index >= 15 is 0 Å². The van der Waals surface area contributed by atoms with Crippen LogP contribution in [0.4, 0.5) is 5.69 Å². The number of hydrogen-bond donors (Lipinski definition) is 0. The van der Waals surface area contributed by atoms with Gasteiger partial charge in [0.05, 0.1) is 43.4 Å². The van der Waals surface area contributed by atoms with Gasteiger partial charge in [-0.15, -0.1) is 0 Å². The third-order valence-electron chi connectivity index (χ3n) is 4.59. The van der Waals surface area contributed by atoms with Crippen molar-refractivity contribution in [1.29, 1.82) is 0 Å². The first-order valence-electron chi connectivity index (χ1n) is 10.1. The van der Waals surface area contributed by atoms with Gasteiger partial charge in [-0.25, -0.2) is 0 Å². The zero-order valence-electron chi connectivity index (χ0n) is 18.2. The number of carbonyl (C=O) groups is 3. The van der Waals surface area contributed by atoms with Crippen molar-refractivity contribution in [2.45, 2.75) is 32.8 Å². The molecule has 11 nitrogen and oxygen atoms in total. The molecule has 1 aromatic rings. The smallest absolute Gasteiger partial charge is 0.306 e. The van der Waals surface area contributed by atoms with Crippen molar-refractivity contribution in [3.8, 4) is 11.5 Å². The van der Waals surface area contributed by atoms with Crippen LogP contribution in [0.5, 0.6) is 11.5 Å². The van der Waals surface area contributed by atoms with E-state index in [4.69, 9.17) is 18.9 Å². The molecule has 0 aromatic heterocycles. The molecule has 0 N–H and O–H groups in total. The highest BCUT2D eigenvalue weighted by Gasteiger charge is 2.26. The van der Waals surface area contributed by atoms with Crippen LogP contribution in [0.15, 0.2) is 24.3 Å². The molecular weight excluding hydrogens is 424 g/mol. The van der Waals surface area contributed by atoms with Gasteiger partial charge in [-0.3, -0.25) is 29.4 Å². The predicted octanol–water partition coefficient (Wildman–Crippen LogP) is 2.33. The fourth-order valence-corrected chi connectivity index (χ4v) is 3.02. The van der Waals surface area contributed by atoms with Gasteiger partial charge in [0.25, 0.3) is 17.5 Å². The van der Waals surface area contributed by atoms with Crippen molar-refractivity contribution in [3.63, 3.8) is 0 Å². The molecule has 1 aliphatic rings. The van der Waals surface area contributed by atoms with Gasteiger partial charge in [-0.05, 0) is 26.3 Å². The lowest BCUT2D eigenvalue weighted by molar-refractivity contribution is -0.386. The lowest BCUT2D eigenvalue weighted by Crippen LogP contribution is -2.33. The minimum atomic E-state index is -0.881. The SMILES string of the molecule is CCOc1cc([N+](=O)[O-])c(C(C)OC(=O)CCCOCCN2C(=O)C=CC2=O)cc1OC. The molecule has 1 aromatic carbocycles. The summed E-state index contributed by atoms with van der Waals surface area (Å²) in [5.74, 6) is -0.771. The van der Waals surface area contributed by atoms with Gasteiger partial charge < -0.3 is 18.9 Å². The van der Waals surface area contributed by atoms with Crippen LogP contribution in [-0.2, 0) is 23.9 Å². The normalized spacial score (nSPS) is 13.9. The van der Waals surface area contributed by atoms with Gasteiger partial charge >= 0.3 is 5.97 Å². The fourth-order valence-electron chi connectivity index (χ4n) is 3.02. The minimum Gasteiger partial charge on any atom is -0.493 e. The lowest BCUT2D eigenvalue weighted by Gasteiger charge is -2.17. The summed E-state index contributed by atoms with van der Waals surface area (Å²) in [6, 6.07) is 2.68. The van der Waals surface area contributed by atoms with Crippen molar-refractivity contribution in [1.82, 2.24) is 4.90 Å². The number of esters is 1. The van der Waals surface area contributed by atoms with Crippen LogP contribution >= 0.6 is 0 Å². The molecule has 1 atom stereocenters. The number of amides is 2. The number of carbonyl (C=O) groups excluding carboxylic acids is 3. The summed E-state index contributed by atoms with van der Waals surface area (Å²) in [5, 5.41) is 11.5. The highest BCUT2D eigenvalue weighted by atomic mass is 16.6. The van der Waals surface area contributed by atoms with Gasteiger partial charge in [0.15, 0.2) is 11.5 Å². The van der Waals surface area contributed by atoms with Crippen molar-refractivity contribution < 1.29 is 38.3 Å². The Balaban J connectivity index is 1.83. The number of rotatable bonds is 13. The topological polar surface area (TPSA) is 135 Å². The third kappa shape index (κ3) is 6.51. The second kappa shape index (κ2) is 11.8. The Bertz CT molecular complexity index is 880. The van der Waals surface area contributed by atoms with Crippen molar-refractivity contribution >= 4 is 23.5 Å². The van der Waals surface area contributed by atoms with Crippen molar-refractivity contribution in [2.75, 3.05) is 33.5 Å². The zero-order valence-corrected chi connectivity index (χ0v) is 18.2. The summed E-state index contributed by atoms with van der Waals surface area (Å²) in [4.78, 5) is 47.0. The molecule has 0 aliphatic carbocycles. The van der Waals surface area contributed by atoms with E-state index < -0.39 is 17.0 Å². The number of imide groups is 1. The van der Waals surface area contributed by atoms with Crippen molar-refractivity contribution in [2.24, 2.45) is 0 Å². The number of ether oxygens (including phenoxy) is 4. The van der Waals surface area contributed by atoms with Gasteiger partial charge in [-0.1, -0.05) is 0 Å². The first-order valence-corrected chi connectivity index (χ1v) is 10.1. The molecule has 1 heterocycles. The second-order valence-corrected chi connectivity index (χ2v) is 6.76. The fraction of sp³-hybridized carbons (Fsp3) is 0.476. The third-order valence-corrected chi connectivity index (χ3v) is 4.59. The molecule has 2 rings (SSSR count). The monoisotopic (exact) mass is 450 g/mol. The Hall–Kier alpha value is -3.47.